The van der Waals surface area contributed by atoms with Crippen LogP contribution in [-0.2, 0) is 0 Å². The van der Waals surface area contributed by atoms with Gasteiger partial charge in [0, 0.05) is 5.02 Å². The van der Waals surface area contributed by atoms with Crippen molar-refractivity contribution in [2.75, 3.05) is 0 Å². The molecule has 2 N–H and O–H groups in total. The lowest BCUT2D eigenvalue weighted by Gasteiger charge is -2.29. The van der Waals surface area contributed by atoms with Gasteiger partial charge < -0.3 is 10.2 Å². The molecular formula is C14H19ClO2. The van der Waals surface area contributed by atoms with Gasteiger partial charge in [-0.3, -0.25) is 0 Å². The molecule has 1 fully saturated rings. The number of aliphatic hydroxyl groups excluding tert-OH is 2. The first-order valence-electron chi connectivity index (χ1n) is 6.30. The molecule has 2 rings (SSSR count). The standard InChI is InChI=1S/C14H19ClO2/c15-12-8-4-7-11(9-12)14(17)13(16)10-5-2-1-3-6-10/h4,7-10,13-14,16-17H,1-3,5-6H2. The minimum Gasteiger partial charge on any atom is -0.390 e. The van der Waals surface area contributed by atoms with E-state index in [9.17, 15) is 10.2 Å². The average Bonchev–Trinajstić information content (AvgIpc) is 2.38. The van der Waals surface area contributed by atoms with Gasteiger partial charge in [-0.2, -0.15) is 0 Å². The minimum absolute atomic E-state index is 0.220. The van der Waals surface area contributed by atoms with Crippen LogP contribution in [0.15, 0.2) is 24.3 Å². The second-order valence-corrected chi connectivity index (χ2v) is 5.32. The van der Waals surface area contributed by atoms with Gasteiger partial charge in [-0.25, -0.2) is 0 Å². The van der Waals surface area contributed by atoms with Crippen LogP contribution in [0.5, 0.6) is 0 Å². The number of halogens is 1. The molecule has 0 spiro atoms. The van der Waals surface area contributed by atoms with Crippen LogP contribution in [0.2, 0.25) is 5.02 Å². The normalized spacial score (nSPS) is 21.1. The largest absolute Gasteiger partial charge is 0.390 e. The Morgan fingerprint density at radius 2 is 1.82 bits per heavy atom. The predicted octanol–water partition coefficient (Wildman–Crippen LogP) is 3.31. The molecule has 3 heteroatoms. The highest BCUT2D eigenvalue weighted by Crippen LogP contribution is 2.32. The van der Waals surface area contributed by atoms with Crippen molar-refractivity contribution in [3.05, 3.63) is 34.9 Å². The van der Waals surface area contributed by atoms with Crippen LogP contribution in [0.1, 0.15) is 43.8 Å². The topological polar surface area (TPSA) is 40.5 Å². The zero-order valence-electron chi connectivity index (χ0n) is 9.85. The molecule has 0 bridgehead atoms. The van der Waals surface area contributed by atoms with E-state index in [1.165, 1.54) is 6.42 Å². The molecule has 1 aliphatic carbocycles. The van der Waals surface area contributed by atoms with E-state index in [4.69, 9.17) is 11.6 Å². The molecule has 0 amide bonds. The lowest BCUT2D eigenvalue weighted by Crippen LogP contribution is -2.29. The SMILES string of the molecule is OC(c1cccc(Cl)c1)C(O)C1CCCCC1. The summed E-state index contributed by atoms with van der Waals surface area (Å²) in [7, 11) is 0. The average molecular weight is 255 g/mol. The van der Waals surface area contributed by atoms with E-state index in [0.717, 1.165) is 25.7 Å². The third-order valence-corrected chi connectivity index (χ3v) is 3.88. The van der Waals surface area contributed by atoms with Gasteiger partial charge in [0.25, 0.3) is 0 Å². The van der Waals surface area contributed by atoms with Gasteiger partial charge >= 0.3 is 0 Å². The van der Waals surface area contributed by atoms with Crippen LogP contribution in [0.25, 0.3) is 0 Å². The van der Waals surface area contributed by atoms with Crippen LogP contribution in [0, 0.1) is 5.92 Å². The summed E-state index contributed by atoms with van der Waals surface area (Å²) in [5.41, 5.74) is 0.704. The Bertz CT molecular complexity index is 361. The fourth-order valence-electron chi connectivity index (χ4n) is 2.62. The Kier molecular flexibility index (Phi) is 4.43. The summed E-state index contributed by atoms with van der Waals surface area (Å²) in [6.07, 6.45) is 4.09. The lowest BCUT2D eigenvalue weighted by atomic mass is 9.82. The lowest BCUT2D eigenvalue weighted by molar-refractivity contribution is -0.0285. The van der Waals surface area contributed by atoms with Crippen molar-refractivity contribution in [1.29, 1.82) is 0 Å². The Morgan fingerprint density at radius 1 is 1.12 bits per heavy atom. The quantitative estimate of drug-likeness (QED) is 0.869. The fourth-order valence-corrected chi connectivity index (χ4v) is 2.82. The molecular weight excluding hydrogens is 236 g/mol. The maximum atomic E-state index is 10.2. The molecule has 1 aromatic rings. The van der Waals surface area contributed by atoms with Gasteiger partial charge in [0.05, 0.1) is 6.10 Å². The molecule has 0 aliphatic heterocycles. The van der Waals surface area contributed by atoms with E-state index in [2.05, 4.69) is 0 Å². The molecule has 0 aromatic heterocycles. The van der Waals surface area contributed by atoms with Gasteiger partial charge in [0.1, 0.15) is 6.10 Å². The van der Waals surface area contributed by atoms with E-state index in [0.29, 0.717) is 10.6 Å². The van der Waals surface area contributed by atoms with Crippen LogP contribution in [0.3, 0.4) is 0 Å². The predicted molar refractivity (Wildman–Crippen MR) is 69.0 cm³/mol. The number of rotatable bonds is 3. The van der Waals surface area contributed by atoms with Crippen molar-refractivity contribution in [2.24, 2.45) is 5.92 Å². The Hall–Kier alpha value is -0.570. The Morgan fingerprint density at radius 3 is 2.47 bits per heavy atom. The minimum atomic E-state index is -0.822. The molecule has 1 aliphatic rings. The van der Waals surface area contributed by atoms with Crippen molar-refractivity contribution in [3.63, 3.8) is 0 Å². The van der Waals surface area contributed by atoms with Crippen LogP contribution >= 0.6 is 11.6 Å². The first-order valence-corrected chi connectivity index (χ1v) is 6.68. The number of hydrogen-bond donors (Lipinski definition) is 2. The summed E-state index contributed by atoms with van der Waals surface area (Å²) in [5, 5.41) is 20.9. The summed E-state index contributed by atoms with van der Waals surface area (Å²) >= 11 is 5.89. The van der Waals surface area contributed by atoms with Crippen molar-refractivity contribution in [2.45, 2.75) is 44.3 Å². The number of aliphatic hydroxyl groups is 2. The molecule has 2 unspecified atom stereocenters. The van der Waals surface area contributed by atoms with Gasteiger partial charge in [0.2, 0.25) is 0 Å². The van der Waals surface area contributed by atoms with Crippen molar-refractivity contribution >= 4 is 11.6 Å². The van der Waals surface area contributed by atoms with Gasteiger partial charge in [-0.1, -0.05) is 43.0 Å². The zero-order valence-corrected chi connectivity index (χ0v) is 10.6. The van der Waals surface area contributed by atoms with Crippen molar-refractivity contribution in [3.8, 4) is 0 Å². The highest BCUT2D eigenvalue weighted by atomic mass is 35.5. The van der Waals surface area contributed by atoms with E-state index in [-0.39, 0.29) is 5.92 Å². The molecule has 2 atom stereocenters. The van der Waals surface area contributed by atoms with Crippen molar-refractivity contribution < 1.29 is 10.2 Å². The molecule has 0 heterocycles. The molecule has 17 heavy (non-hydrogen) atoms. The highest BCUT2D eigenvalue weighted by Gasteiger charge is 2.28. The van der Waals surface area contributed by atoms with Gasteiger partial charge in [-0.05, 0) is 36.5 Å². The van der Waals surface area contributed by atoms with Gasteiger partial charge in [-0.15, -0.1) is 0 Å². The summed E-state index contributed by atoms with van der Waals surface area (Å²) in [5.74, 6) is 0.220. The van der Waals surface area contributed by atoms with Crippen molar-refractivity contribution in [1.82, 2.24) is 0 Å². The summed E-state index contributed by atoms with van der Waals surface area (Å²) < 4.78 is 0. The highest BCUT2D eigenvalue weighted by molar-refractivity contribution is 6.30. The zero-order chi connectivity index (χ0) is 12.3. The number of hydrogen-bond acceptors (Lipinski definition) is 2. The molecule has 1 aromatic carbocycles. The monoisotopic (exact) mass is 254 g/mol. The third kappa shape index (κ3) is 3.21. The van der Waals surface area contributed by atoms with Crippen LogP contribution in [-0.4, -0.2) is 16.3 Å². The second-order valence-electron chi connectivity index (χ2n) is 4.89. The van der Waals surface area contributed by atoms with Crippen LogP contribution < -0.4 is 0 Å². The third-order valence-electron chi connectivity index (χ3n) is 3.65. The van der Waals surface area contributed by atoms with Crippen LogP contribution in [0.4, 0.5) is 0 Å². The smallest absolute Gasteiger partial charge is 0.105 e. The molecule has 0 saturated heterocycles. The molecule has 0 radical (unpaired) electrons. The first kappa shape index (κ1) is 12.9. The second kappa shape index (κ2) is 5.85. The Balaban J connectivity index is 2.05. The summed E-state index contributed by atoms with van der Waals surface area (Å²) in [4.78, 5) is 0. The molecule has 1 saturated carbocycles. The maximum Gasteiger partial charge on any atom is 0.105 e. The fraction of sp³-hybridized carbons (Fsp3) is 0.571. The van der Waals surface area contributed by atoms with Gasteiger partial charge in [0.15, 0.2) is 0 Å². The van der Waals surface area contributed by atoms with E-state index in [1.54, 1.807) is 18.2 Å². The Labute approximate surface area is 107 Å². The number of benzene rings is 1. The maximum absolute atomic E-state index is 10.2. The summed E-state index contributed by atoms with van der Waals surface area (Å²) in [6.45, 7) is 0. The molecule has 2 nitrogen and oxygen atoms in total. The van der Waals surface area contributed by atoms with E-state index in [1.807, 2.05) is 6.07 Å². The summed E-state index contributed by atoms with van der Waals surface area (Å²) in [6, 6.07) is 7.10. The van der Waals surface area contributed by atoms with E-state index < -0.39 is 12.2 Å². The van der Waals surface area contributed by atoms with E-state index >= 15 is 0 Å². The first-order chi connectivity index (χ1) is 8.18. The molecule has 94 valence electrons.